The second-order valence-corrected chi connectivity index (χ2v) is 5.73. The molecule has 0 saturated carbocycles. The third kappa shape index (κ3) is 4.34. The average Bonchev–Trinajstić information content (AvgIpc) is 2.11. The van der Waals surface area contributed by atoms with Gasteiger partial charge in [-0.2, -0.15) is 0 Å². The maximum Gasteiger partial charge on any atom is 0.193 e. The maximum atomic E-state index is 13.2. The van der Waals surface area contributed by atoms with E-state index in [9.17, 15) is 4.39 Å². The number of aryl methyl sites for hydroxylation is 1. The van der Waals surface area contributed by atoms with Crippen LogP contribution in [0.2, 0.25) is 0 Å². The minimum absolute atomic E-state index is 0.248. The summed E-state index contributed by atoms with van der Waals surface area (Å²) in [7, 11) is 0. The number of benzene rings is 1. The second kappa shape index (κ2) is 5.04. The molecule has 5 heteroatoms. The van der Waals surface area contributed by atoms with Gasteiger partial charge in [0.1, 0.15) is 5.82 Å². The molecule has 0 aliphatic rings. The van der Waals surface area contributed by atoms with E-state index in [1.54, 1.807) is 6.07 Å². The van der Waals surface area contributed by atoms with E-state index >= 15 is 0 Å². The van der Waals surface area contributed by atoms with Gasteiger partial charge >= 0.3 is 0 Å². The van der Waals surface area contributed by atoms with Crippen molar-refractivity contribution < 1.29 is 4.39 Å². The highest BCUT2D eigenvalue weighted by atomic mass is 79.9. The Bertz CT molecular complexity index is 450. The van der Waals surface area contributed by atoms with Gasteiger partial charge in [0.15, 0.2) is 5.96 Å². The van der Waals surface area contributed by atoms with Gasteiger partial charge in [0, 0.05) is 5.69 Å². The van der Waals surface area contributed by atoms with E-state index < -0.39 is 0 Å². The van der Waals surface area contributed by atoms with Crippen LogP contribution in [0.3, 0.4) is 0 Å². The molecule has 0 atom stereocenters. The van der Waals surface area contributed by atoms with Crippen LogP contribution in [0.15, 0.2) is 21.6 Å². The molecule has 0 radical (unpaired) electrons. The Labute approximate surface area is 109 Å². The highest BCUT2D eigenvalue weighted by Crippen LogP contribution is 2.24. The Morgan fingerprint density at radius 1 is 1.41 bits per heavy atom. The molecule has 1 aromatic rings. The van der Waals surface area contributed by atoms with Crippen LogP contribution in [-0.4, -0.2) is 11.5 Å². The van der Waals surface area contributed by atoms with E-state index in [4.69, 9.17) is 5.73 Å². The number of hydrogen-bond donors (Lipinski definition) is 2. The van der Waals surface area contributed by atoms with Crippen molar-refractivity contribution in [1.82, 2.24) is 0 Å². The van der Waals surface area contributed by atoms with Crippen molar-refractivity contribution in [2.45, 2.75) is 33.2 Å². The predicted octanol–water partition coefficient (Wildman–Crippen LogP) is 3.42. The molecule has 0 aromatic heterocycles. The van der Waals surface area contributed by atoms with E-state index in [1.165, 1.54) is 6.07 Å². The van der Waals surface area contributed by atoms with Crippen molar-refractivity contribution in [3.8, 4) is 0 Å². The van der Waals surface area contributed by atoms with Gasteiger partial charge in [0.05, 0.1) is 10.0 Å². The minimum atomic E-state index is -0.292. The van der Waals surface area contributed by atoms with Gasteiger partial charge in [-0.15, -0.1) is 0 Å². The van der Waals surface area contributed by atoms with Gasteiger partial charge in [-0.05, 0) is 61.3 Å². The summed E-state index contributed by atoms with van der Waals surface area (Å²) in [4.78, 5) is 4.27. The first kappa shape index (κ1) is 14.0. The fraction of sp³-hybridized carbons (Fsp3) is 0.417. The highest BCUT2D eigenvalue weighted by molar-refractivity contribution is 9.10. The van der Waals surface area contributed by atoms with Gasteiger partial charge < -0.3 is 11.1 Å². The van der Waals surface area contributed by atoms with Gasteiger partial charge in [-0.25, -0.2) is 9.38 Å². The molecule has 0 unspecified atom stereocenters. The number of anilines is 1. The first-order chi connectivity index (χ1) is 7.69. The van der Waals surface area contributed by atoms with E-state index in [1.807, 2.05) is 27.7 Å². The number of nitrogens with zero attached hydrogens (tertiary/aromatic N) is 1. The topological polar surface area (TPSA) is 50.4 Å². The molecule has 0 fully saturated rings. The maximum absolute atomic E-state index is 13.2. The normalized spacial score (nSPS) is 12.7. The summed E-state index contributed by atoms with van der Waals surface area (Å²) < 4.78 is 13.6. The van der Waals surface area contributed by atoms with Crippen LogP contribution < -0.4 is 11.1 Å². The molecule has 0 spiro atoms. The number of halogens is 2. The van der Waals surface area contributed by atoms with Crippen molar-refractivity contribution in [3.63, 3.8) is 0 Å². The molecule has 0 aliphatic carbocycles. The number of hydrogen-bond acceptors (Lipinski definition) is 1. The Hall–Kier alpha value is -1.10. The van der Waals surface area contributed by atoms with Gasteiger partial charge in [-0.3, -0.25) is 0 Å². The molecule has 0 bridgehead atoms. The van der Waals surface area contributed by atoms with Crippen molar-refractivity contribution in [2.24, 2.45) is 10.7 Å². The van der Waals surface area contributed by atoms with Crippen molar-refractivity contribution in [1.29, 1.82) is 0 Å². The third-order valence-electron chi connectivity index (χ3n) is 1.99. The molecule has 3 nitrogen and oxygen atoms in total. The molecule has 0 heterocycles. The SMILES string of the molecule is Cc1cc(F)c(Br)cc1NC(N)=NC(C)(C)C. The highest BCUT2D eigenvalue weighted by Gasteiger charge is 2.10. The fourth-order valence-electron chi connectivity index (χ4n) is 1.31. The first-order valence-corrected chi connectivity index (χ1v) is 6.06. The zero-order valence-electron chi connectivity index (χ0n) is 10.4. The summed E-state index contributed by atoms with van der Waals surface area (Å²) in [6, 6.07) is 3.09. The zero-order valence-corrected chi connectivity index (χ0v) is 12.0. The van der Waals surface area contributed by atoms with Gasteiger partial charge in [0.25, 0.3) is 0 Å². The van der Waals surface area contributed by atoms with Crippen LogP contribution in [0.4, 0.5) is 10.1 Å². The van der Waals surface area contributed by atoms with Crippen molar-refractivity contribution >= 4 is 27.6 Å². The molecule has 0 amide bonds. The van der Waals surface area contributed by atoms with Crippen LogP contribution in [0.25, 0.3) is 0 Å². The molecule has 0 aliphatic heterocycles. The standard InChI is InChI=1S/C12H17BrFN3/c1-7-5-9(14)8(13)6-10(7)16-11(15)17-12(2,3)4/h5-6H,1-4H3,(H3,15,16,17). The van der Waals surface area contributed by atoms with E-state index in [-0.39, 0.29) is 11.4 Å². The quantitative estimate of drug-likeness (QED) is 0.617. The van der Waals surface area contributed by atoms with Crippen molar-refractivity contribution in [3.05, 3.63) is 28.0 Å². The second-order valence-electron chi connectivity index (χ2n) is 4.87. The molecule has 17 heavy (non-hydrogen) atoms. The number of nitrogens with two attached hydrogens (primary N) is 1. The smallest absolute Gasteiger partial charge is 0.193 e. The molecular weight excluding hydrogens is 285 g/mol. The number of aliphatic imine (C=N–C) groups is 1. The molecular formula is C12H17BrFN3. The van der Waals surface area contributed by atoms with Gasteiger partial charge in [-0.1, -0.05) is 0 Å². The van der Waals surface area contributed by atoms with Crippen LogP contribution in [0, 0.1) is 12.7 Å². The first-order valence-electron chi connectivity index (χ1n) is 5.27. The Kier molecular flexibility index (Phi) is 4.14. The number of guanidine groups is 1. The lowest BCUT2D eigenvalue weighted by Gasteiger charge is -2.15. The summed E-state index contributed by atoms with van der Waals surface area (Å²) in [5, 5.41) is 2.97. The minimum Gasteiger partial charge on any atom is -0.370 e. The lowest BCUT2D eigenvalue weighted by Crippen LogP contribution is -2.27. The van der Waals surface area contributed by atoms with Crippen LogP contribution in [0.1, 0.15) is 26.3 Å². The summed E-state index contributed by atoms with van der Waals surface area (Å²) in [5.74, 6) is 0.0264. The Morgan fingerprint density at radius 3 is 2.53 bits per heavy atom. The van der Waals surface area contributed by atoms with E-state index in [0.717, 1.165) is 11.3 Å². The fourth-order valence-corrected chi connectivity index (χ4v) is 1.65. The molecule has 0 saturated heterocycles. The van der Waals surface area contributed by atoms with Crippen molar-refractivity contribution in [2.75, 3.05) is 5.32 Å². The lowest BCUT2D eigenvalue weighted by atomic mass is 10.1. The van der Waals surface area contributed by atoms with E-state index in [0.29, 0.717) is 10.4 Å². The van der Waals surface area contributed by atoms with Crippen LogP contribution in [-0.2, 0) is 0 Å². The number of nitrogens with one attached hydrogen (secondary N) is 1. The summed E-state index contributed by atoms with van der Waals surface area (Å²) in [6.45, 7) is 7.67. The lowest BCUT2D eigenvalue weighted by molar-refractivity contribution is 0.583. The van der Waals surface area contributed by atoms with Crippen LogP contribution >= 0.6 is 15.9 Å². The number of rotatable bonds is 1. The predicted molar refractivity (Wildman–Crippen MR) is 73.8 cm³/mol. The molecule has 3 N–H and O–H groups in total. The molecule has 94 valence electrons. The summed E-state index contributed by atoms with van der Waals surface area (Å²) >= 11 is 3.14. The zero-order chi connectivity index (χ0) is 13.2. The average molecular weight is 302 g/mol. The molecule has 1 rings (SSSR count). The monoisotopic (exact) mass is 301 g/mol. The van der Waals surface area contributed by atoms with Gasteiger partial charge in [0.2, 0.25) is 0 Å². The molecule has 1 aromatic carbocycles. The Morgan fingerprint density at radius 2 is 2.00 bits per heavy atom. The van der Waals surface area contributed by atoms with Crippen LogP contribution in [0.5, 0.6) is 0 Å². The van der Waals surface area contributed by atoms with E-state index in [2.05, 4.69) is 26.2 Å². The third-order valence-corrected chi connectivity index (χ3v) is 2.59. The summed E-state index contributed by atoms with van der Waals surface area (Å²) in [5.41, 5.74) is 7.05. The largest absolute Gasteiger partial charge is 0.370 e. The Balaban J connectivity index is 2.97. The summed E-state index contributed by atoms with van der Waals surface area (Å²) in [6.07, 6.45) is 0.